The van der Waals surface area contributed by atoms with E-state index >= 15 is 0 Å². The molecule has 0 bridgehead atoms. The number of hydrogen-bond donors (Lipinski definition) is 0. The van der Waals surface area contributed by atoms with E-state index in [1.807, 2.05) is 34.0 Å². The zero-order valence-corrected chi connectivity index (χ0v) is 17.2. The van der Waals surface area contributed by atoms with Crippen molar-refractivity contribution in [2.24, 2.45) is 0 Å². The Morgan fingerprint density at radius 3 is 2.59 bits per heavy atom. The summed E-state index contributed by atoms with van der Waals surface area (Å²) in [6.45, 7) is 3.42. The number of piperazine rings is 1. The normalized spacial score (nSPS) is 22.3. The molecule has 2 aromatic rings. The van der Waals surface area contributed by atoms with Crippen molar-refractivity contribution in [3.8, 4) is 0 Å². The molecule has 29 heavy (non-hydrogen) atoms. The number of hydrogen-bond acceptors (Lipinski definition) is 5. The Balaban J connectivity index is 1.27. The lowest BCUT2D eigenvalue weighted by Gasteiger charge is -2.37. The van der Waals surface area contributed by atoms with Crippen molar-refractivity contribution in [2.75, 3.05) is 37.7 Å². The molecular formula is C21H26N4O3S. The highest BCUT2D eigenvalue weighted by Crippen LogP contribution is 2.19. The van der Waals surface area contributed by atoms with Crippen molar-refractivity contribution in [3.63, 3.8) is 0 Å². The molecule has 7 nitrogen and oxygen atoms in total. The van der Waals surface area contributed by atoms with Gasteiger partial charge in [-0.05, 0) is 18.1 Å². The van der Waals surface area contributed by atoms with Crippen molar-refractivity contribution in [1.29, 1.82) is 0 Å². The fourth-order valence-corrected chi connectivity index (χ4v) is 5.73. The molecule has 3 heterocycles. The van der Waals surface area contributed by atoms with Crippen LogP contribution in [0.1, 0.15) is 17.5 Å². The molecule has 154 valence electrons. The Morgan fingerprint density at radius 2 is 1.90 bits per heavy atom. The molecule has 1 atom stereocenters. The van der Waals surface area contributed by atoms with Gasteiger partial charge in [0.15, 0.2) is 9.84 Å². The molecule has 0 radical (unpaired) electrons. The van der Waals surface area contributed by atoms with Crippen molar-refractivity contribution < 1.29 is 13.2 Å². The molecule has 2 aliphatic heterocycles. The van der Waals surface area contributed by atoms with E-state index in [4.69, 9.17) is 0 Å². The minimum Gasteiger partial charge on any atom is -0.337 e. The summed E-state index contributed by atoms with van der Waals surface area (Å²) in [4.78, 5) is 16.5. The van der Waals surface area contributed by atoms with Crippen LogP contribution in [0, 0.1) is 0 Å². The SMILES string of the molecule is O=C(/C=C/c1cnn(Cc2ccccc2)c1)N1CCN([C@H]2CCS(=O)(=O)C2)CC1. The van der Waals surface area contributed by atoms with Gasteiger partial charge in [-0.1, -0.05) is 30.3 Å². The van der Waals surface area contributed by atoms with E-state index in [1.54, 1.807) is 18.3 Å². The van der Waals surface area contributed by atoms with E-state index in [9.17, 15) is 13.2 Å². The molecule has 0 spiro atoms. The number of amides is 1. The quantitative estimate of drug-likeness (QED) is 0.689. The van der Waals surface area contributed by atoms with E-state index < -0.39 is 9.84 Å². The first-order valence-corrected chi connectivity index (χ1v) is 11.8. The average Bonchev–Trinajstić information content (AvgIpc) is 3.33. The molecule has 0 aliphatic carbocycles. The van der Waals surface area contributed by atoms with Crippen molar-refractivity contribution in [1.82, 2.24) is 19.6 Å². The van der Waals surface area contributed by atoms with Gasteiger partial charge in [0, 0.05) is 50.1 Å². The Labute approximate surface area is 171 Å². The van der Waals surface area contributed by atoms with Gasteiger partial charge in [-0.25, -0.2) is 8.42 Å². The van der Waals surface area contributed by atoms with Gasteiger partial charge < -0.3 is 4.90 Å². The summed E-state index contributed by atoms with van der Waals surface area (Å²) in [7, 11) is -2.87. The van der Waals surface area contributed by atoms with Gasteiger partial charge >= 0.3 is 0 Å². The highest BCUT2D eigenvalue weighted by molar-refractivity contribution is 7.91. The summed E-state index contributed by atoms with van der Waals surface area (Å²) < 4.78 is 25.2. The summed E-state index contributed by atoms with van der Waals surface area (Å²) >= 11 is 0. The van der Waals surface area contributed by atoms with Gasteiger partial charge in [0.2, 0.25) is 5.91 Å². The van der Waals surface area contributed by atoms with Crippen molar-refractivity contribution >= 4 is 21.8 Å². The summed E-state index contributed by atoms with van der Waals surface area (Å²) in [6, 6.07) is 10.2. The molecule has 1 aromatic heterocycles. The fraction of sp³-hybridized carbons (Fsp3) is 0.429. The minimum atomic E-state index is -2.87. The second-order valence-corrected chi connectivity index (χ2v) is 9.94. The predicted molar refractivity (Wildman–Crippen MR) is 112 cm³/mol. The lowest BCUT2D eigenvalue weighted by Crippen LogP contribution is -2.52. The van der Waals surface area contributed by atoms with Gasteiger partial charge in [-0.2, -0.15) is 5.10 Å². The van der Waals surface area contributed by atoms with Gasteiger partial charge in [0.25, 0.3) is 0 Å². The van der Waals surface area contributed by atoms with E-state index in [0.29, 0.717) is 26.1 Å². The lowest BCUT2D eigenvalue weighted by atomic mass is 10.2. The van der Waals surface area contributed by atoms with Crippen LogP contribution in [0.3, 0.4) is 0 Å². The fourth-order valence-electron chi connectivity index (χ4n) is 3.97. The number of sulfone groups is 1. The highest BCUT2D eigenvalue weighted by atomic mass is 32.2. The van der Waals surface area contributed by atoms with Crippen LogP contribution in [0.25, 0.3) is 6.08 Å². The third kappa shape index (κ3) is 5.13. The Hall–Kier alpha value is -2.45. The van der Waals surface area contributed by atoms with Gasteiger partial charge in [0.05, 0.1) is 24.2 Å². The molecule has 0 unspecified atom stereocenters. The van der Waals surface area contributed by atoms with Crippen molar-refractivity contribution in [2.45, 2.75) is 19.0 Å². The first-order valence-electron chi connectivity index (χ1n) is 9.96. The molecule has 8 heteroatoms. The number of carbonyl (C=O) groups is 1. The third-order valence-corrected chi connectivity index (χ3v) is 7.36. The number of aromatic nitrogens is 2. The Kier molecular flexibility index (Phi) is 5.82. The standard InChI is InChI=1S/C21H26N4O3S/c26-21(24-11-9-23(10-12-24)20-8-13-29(27,28)17-20)7-6-19-14-22-25(16-19)15-18-4-2-1-3-5-18/h1-7,14,16,20H,8-13,15,17H2/b7-6+/t20-/m0/s1. The number of nitrogens with zero attached hydrogens (tertiary/aromatic N) is 4. The smallest absolute Gasteiger partial charge is 0.246 e. The first-order chi connectivity index (χ1) is 14.0. The number of rotatable bonds is 5. The van der Waals surface area contributed by atoms with Crippen LogP contribution in [0.4, 0.5) is 0 Å². The minimum absolute atomic E-state index is 0.0143. The number of carbonyl (C=O) groups excluding carboxylic acids is 1. The van der Waals surface area contributed by atoms with Crippen LogP contribution in [0.2, 0.25) is 0 Å². The van der Waals surface area contributed by atoms with E-state index in [2.05, 4.69) is 22.1 Å². The molecular weight excluding hydrogens is 388 g/mol. The second-order valence-electron chi connectivity index (χ2n) is 7.71. The molecule has 2 aliphatic rings. The van der Waals surface area contributed by atoms with E-state index in [0.717, 1.165) is 18.7 Å². The molecule has 2 fully saturated rings. The third-order valence-electron chi connectivity index (χ3n) is 5.61. The maximum Gasteiger partial charge on any atom is 0.246 e. The molecule has 2 saturated heterocycles. The zero-order valence-electron chi connectivity index (χ0n) is 16.4. The first kappa shape index (κ1) is 19.8. The van der Waals surface area contributed by atoms with Crippen LogP contribution in [0.5, 0.6) is 0 Å². The largest absolute Gasteiger partial charge is 0.337 e. The van der Waals surface area contributed by atoms with Crippen LogP contribution in [-0.2, 0) is 21.2 Å². The number of benzene rings is 1. The molecule has 4 rings (SSSR count). The molecule has 1 amide bonds. The van der Waals surface area contributed by atoms with E-state index in [1.165, 1.54) is 5.56 Å². The molecule has 1 aromatic carbocycles. The summed E-state index contributed by atoms with van der Waals surface area (Å²) in [5.41, 5.74) is 2.07. The Bertz CT molecular complexity index is 976. The summed E-state index contributed by atoms with van der Waals surface area (Å²) in [5, 5.41) is 4.35. The van der Waals surface area contributed by atoms with Crippen LogP contribution >= 0.6 is 0 Å². The molecule has 0 saturated carbocycles. The van der Waals surface area contributed by atoms with Crippen LogP contribution in [-0.4, -0.2) is 77.6 Å². The topological polar surface area (TPSA) is 75.5 Å². The monoisotopic (exact) mass is 414 g/mol. The maximum atomic E-state index is 12.5. The van der Waals surface area contributed by atoms with Gasteiger partial charge in [-0.15, -0.1) is 0 Å². The van der Waals surface area contributed by atoms with Gasteiger partial charge in [0.1, 0.15) is 0 Å². The zero-order chi connectivity index (χ0) is 20.3. The van der Waals surface area contributed by atoms with Crippen molar-refractivity contribution in [3.05, 3.63) is 59.9 Å². The molecule has 0 N–H and O–H groups in total. The van der Waals surface area contributed by atoms with Gasteiger partial charge in [-0.3, -0.25) is 14.4 Å². The Morgan fingerprint density at radius 1 is 1.14 bits per heavy atom. The second kappa shape index (κ2) is 8.51. The average molecular weight is 415 g/mol. The maximum absolute atomic E-state index is 12.5. The predicted octanol–water partition coefficient (Wildman–Crippen LogP) is 1.28. The van der Waals surface area contributed by atoms with Crippen LogP contribution in [0.15, 0.2) is 48.8 Å². The lowest BCUT2D eigenvalue weighted by molar-refractivity contribution is -0.127. The highest BCUT2D eigenvalue weighted by Gasteiger charge is 2.34. The van der Waals surface area contributed by atoms with Crippen LogP contribution < -0.4 is 0 Å². The van der Waals surface area contributed by atoms with E-state index in [-0.39, 0.29) is 23.5 Å². The summed E-state index contributed by atoms with van der Waals surface area (Å²) in [6.07, 6.45) is 7.79. The summed E-state index contributed by atoms with van der Waals surface area (Å²) in [5.74, 6) is 0.533.